The smallest absolute Gasteiger partial charge is 0.410 e. The van der Waals surface area contributed by atoms with E-state index in [9.17, 15) is 4.79 Å². The maximum atomic E-state index is 12.8. The van der Waals surface area contributed by atoms with Gasteiger partial charge < -0.3 is 14.5 Å². The van der Waals surface area contributed by atoms with Crippen molar-refractivity contribution in [1.82, 2.24) is 9.80 Å². The molecule has 100 valence electrons. The third kappa shape index (κ3) is 3.74. The van der Waals surface area contributed by atoms with Crippen LogP contribution in [0.4, 0.5) is 4.79 Å². The molecule has 0 spiro atoms. The summed E-state index contributed by atoms with van der Waals surface area (Å²) >= 11 is 0. The Balaban J connectivity index is 4.19. The van der Waals surface area contributed by atoms with Crippen LogP contribution in [0.5, 0.6) is 5.75 Å². The fourth-order valence-corrected chi connectivity index (χ4v) is 0.786. The van der Waals surface area contributed by atoms with Gasteiger partial charge >= 0.3 is 6.09 Å². The van der Waals surface area contributed by atoms with Crippen LogP contribution < -0.4 is 4.74 Å². The first-order valence-corrected chi connectivity index (χ1v) is 4.20. The molecule has 1 amide bonds. The maximum absolute atomic E-state index is 12.8. The molecule has 0 aliphatic carbocycles. The molecule has 1 aromatic carbocycles. The number of amides is 1. The average Bonchev–Trinajstić information content (AvgIpc) is 2.64. The van der Waals surface area contributed by atoms with Gasteiger partial charge in [-0.05, 0) is 45.3 Å². The standard InChI is InChI=1S/C14H22N2O2/c1-6-16(5)14(17)18-13-9-7-8-12(10-13)11(2)15(3)4/h7-11H,6H2,1-5H3/t11-/m0/s1/i1D3,2D3,3D3,4D3,5D3,6D2,7D,8D,9D,10D,11D. The fourth-order valence-electron chi connectivity index (χ4n) is 0.786. The maximum Gasteiger partial charge on any atom is 0.414 e. The topological polar surface area (TPSA) is 32.8 Å². The van der Waals surface area contributed by atoms with Crippen molar-refractivity contribution in [2.24, 2.45) is 0 Å². The average molecular weight is 272 g/mol. The van der Waals surface area contributed by atoms with E-state index in [1.807, 2.05) is 0 Å². The number of nitrogens with zero attached hydrogens (tertiary/aromatic N) is 2. The first-order valence-electron chi connectivity index (χ1n) is 15.2. The lowest BCUT2D eigenvalue weighted by Gasteiger charge is -2.21. The first-order chi connectivity index (χ1) is 17.3. The molecule has 0 aliphatic rings. The number of hydrogen-bond donors (Lipinski definition) is 0. The second-order valence-corrected chi connectivity index (χ2v) is 2.70. The van der Waals surface area contributed by atoms with Gasteiger partial charge in [0, 0.05) is 42.8 Å². The van der Waals surface area contributed by atoms with Crippen LogP contribution in [0.3, 0.4) is 0 Å². The summed E-state index contributed by atoms with van der Waals surface area (Å²) in [6, 6.07) is -10.2. The second-order valence-electron chi connectivity index (χ2n) is 2.70. The van der Waals surface area contributed by atoms with Gasteiger partial charge in [-0.2, -0.15) is 0 Å². The van der Waals surface area contributed by atoms with Crippen molar-refractivity contribution in [2.45, 2.75) is 19.7 Å². The Morgan fingerprint density at radius 1 is 1.61 bits per heavy atom. The van der Waals surface area contributed by atoms with E-state index < -0.39 is 98.5 Å². The minimum absolute atomic E-state index is 0.831. The molecular formula is C14H22N2O2. The Morgan fingerprint density at radius 3 is 3.17 bits per heavy atom. The number of benzene rings is 1. The van der Waals surface area contributed by atoms with E-state index in [1.54, 1.807) is 0 Å². The Bertz CT molecular complexity index is 1110. The van der Waals surface area contributed by atoms with E-state index in [0.29, 0.717) is 0 Å². The van der Waals surface area contributed by atoms with Gasteiger partial charge in [0.05, 0.1) is 6.85 Å². The molecule has 18 heavy (non-hydrogen) atoms. The Kier molecular flexibility index (Phi) is 0.944. The molecule has 0 aliphatic heterocycles. The molecule has 1 rings (SSSR count). The summed E-state index contributed by atoms with van der Waals surface area (Å²) in [7, 11) is 0. The molecule has 4 nitrogen and oxygen atoms in total. The molecule has 1 atom stereocenters. The van der Waals surface area contributed by atoms with Gasteiger partial charge in [-0.3, -0.25) is 0 Å². The highest BCUT2D eigenvalue weighted by atomic mass is 16.6. The summed E-state index contributed by atoms with van der Waals surface area (Å²) in [4.78, 5) is 11.1. The lowest BCUT2D eigenvalue weighted by atomic mass is 10.1. The van der Waals surface area contributed by atoms with Crippen molar-refractivity contribution in [3.8, 4) is 5.75 Å². The van der Waals surface area contributed by atoms with Gasteiger partial charge in [0.15, 0.2) is 0 Å². The molecule has 1 aromatic rings. The van der Waals surface area contributed by atoms with Crippen molar-refractivity contribution < 1.29 is 39.7 Å². The molecule has 0 radical (unpaired) electrons. The highest BCUT2D eigenvalue weighted by molar-refractivity contribution is 5.70. The molecule has 0 aromatic heterocycles. The molecule has 0 heterocycles. The molecule has 0 fully saturated rings. The van der Waals surface area contributed by atoms with E-state index in [2.05, 4.69) is 4.74 Å². The predicted molar refractivity (Wildman–Crippen MR) is 72.9 cm³/mol. The third-order valence-corrected chi connectivity index (χ3v) is 1.55. The van der Waals surface area contributed by atoms with Crippen LogP contribution in [0.25, 0.3) is 0 Å². The molecule has 4 heteroatoms. The van der Waals surface area contributed by atoms with E-state index in [4.69, 9.17) is 30.2 Å². The number of rotatable bonds is 4. The summed E-state index contributed by atoms with van der Waals surface area (Å²) in [6.07, 6.45) is -2.40. The zero-order valence-corrected chi connectivity index (χ0v) is 8.71. The lowest BCUT2D eigenvalue weighted by molar-refractivity contribution is 0.165. The van der Waals surface area contributed by atoms with Crippen LogP contribution >= 0.6 is 0 Å². The number of carbonyl (C=O) groups is 1. The van der Waals surface area contributed by atoms with Crippen LogP contribution in [0, 0.1) is 0 Å². The van der Waals surface area contributed by atoms with E-state index in [-0.39, 0.29) is 0 Å². The van der Waals surface area contributed by atoms with Crippen molar-refractivity contribution in [1.29, 1.82) is 0 Å². The number of carbonyl (C=O) groups excluding carboxylic acids is 1. The summed E-state index contributed by atoms with van der Waals surface area (Å²) in [5, 5.41) is 0. The summed E-state index contributed by atoms with van der Waals surface area (Å²) in [5.74, 6) is -1.62. The molecule has 0 saturated heterocycles. The highest BCUT2D eigenvalue weighted by Crippen LogP contribution is 2.22. The third-order valence-electron chi connectivity index (χ3n) is 1.55. The van der Waals surface area contributed by atoms with E-state index in [1.165, 1.54) is 0 Å². The van der Waals surface area contributed by atoms with Crippen LogP contribution in [0.1, 0.15) is 55.4 Å². The zero-order valence-electron chi connectivity index (χ0n) is 30.7. The molecule has 0 N–H and O–H groups in total. The largest absolute Gasteiger partial charge is 0.414 e. The zero-order chi connectivity index (χ0) is 32.4. The number of hydrogen-bond acceptors (Lipinski definition) is 3. The van der Waals surface area contributed by atoms with Gasteiger partial charge in [-0.1, -0.05) is 12.1 Å². The van der Waals surface area contributed by atoms with Crippen LogP contribution in [0.15, 0.2) is 24.2 Å². The Morgan fingerprint density at radius 2 is 2.50 bits per heavy atom. The van der Waals surface area contributed by atoms with Crippen molar-refractivity contribution in [2.75, 3.05) is 27.4 Å². The predicted octanol–water partition coefficient (Wildman–Crippen LogP) is 2.76. The van der Waals surface area contributed by atoms with Crippen molar-refractivity contribution in [3.05, 3.63) is 29.7 Å². The van der Waals surface area contributed by atoms with E-state index >= 15 is 0 Å². The molecule has 0 saturated carbocycles. The van der Waals surface area contributed by atoms with Crippen LogP contribution in [-0.2, 0) is 0 Å². The monoisotopic (exact) mass is 272 g/mol. The first kappa shape index (κ1) is 2.66. The van der Waals surface area contributed by atoms with Gasteiger partial charge in [0.25, 0.3) is 0 Å². The minimum atomic E-state index is -4.10. The summed E-state index contributed by atoms with van der Waals surface area (Å²) in [5.41, 5.74) is -1.68. The number of ether oxygens (including phenoxy) is 1. The molecule has 0 unspecified atom stereocenters. The SMILES string of the molecule is [2H]c1c([2H])c(OC(=O)N(C([2H])([2H])[2H])C([2H])([2H])C([2H])([2H])[2H])c([2H])c([C@@]([2H])(N(C([2H])([2H])[2H])C([2H])([2H])[2H])C([2H])([2H])[2H])c1[2H]. The molecule has 0 bridgehead atoms. The highest BCUT2D eigenvalue weighted by Gasteiger charge is 2.12. The Hall–Kier alpha value is -1.55. The minimum Gasteiger partial charge on any atom is -0.410 e. The second kappa shape index (κ2) is 6.40. The van der Waals surface area contributed by atoms with Crippen LogP contribution in [0.2, 0.25) is 0 Å². The fraction of sp³-hybridized carbons (Fsp3) is 0.500. The van der Waals surface area contributed by atoms with Crippen molar-refractivity contribution >= 4 is 6.09 Å². The summed E-state index contributed by atoms with van der Waals surface area (Å²) < 4.78 is 173. The van der Waals surface area contributed by atoms with Crippen molar-refractivity contribution in [3.63, 3.8) is 0 Å². The quantitative estimate of drug-likeness (QED) is 0.845. The van der Waals surface area contributed by atoms with Gasteiger partial charge in [0.1, 0.15) is 5.75 Å². The normalized spacial score (nSPS) is 36.3. The van der Waals surface area contributed by atoms with Crippen LogP contribution in [-0.4, -0.2) is 43.3 Å². The summed E-state index contributed by atoms with van der Waals surface area (Å²) in [6.45, 7) is -23.6. The molecular weight excluding hydrogens is 228 g/mol. The van der Waals surface area contributed by atoms with Gasteiger partial charge in [-0.15, -0.1) is 0 Å². The lowest BCUT2D eigenvalue weighted by Crippen LogP contribution is -2.29. The van der Waals surface area contributed by atoms with Gasteiger partial charge in [0.2, 0.25) is 0 Å². The van der Waals surface area contributed by atoms with E-state index in [0.717, 1.165) is 0 Å². The van der Waals surface area contributed by atoms with Gasteiger partial charge in [-0.25, -0.2) is 4.79 Å². The Labute approximate surface area is 140 Å².